The number of tetrazole rings is 1. The molecule has 0 radical (unpaired) electrons. The quantitative estimate of drug-likeness (QED) is 0.886. The Labute approximate surface area is 115 Å². The highest BCUT2D eigenvalue weighted by molar-refractivity contribution is 5.53. The summed E-state index contributed by atoms with van der Waals surface area (Å²) in [6.07, 6.45) is 1.71. The monoisotopic (exact) mass is 277 g/mol. The molecule has 3 rings (SSSR count). The van der Waals surface area contributed by atoms with Crippen molar-refractivity contribution in [3.8, 4) is 5.69 Å². The van der Waals surface area contributed by atoms with Gasteiger partial charge in [-0.05, 0) is 35.0 Å². The van der Waals surface area contributed by atoms with E-state index in [4.69, 9.17) is 0 Å². The Balaban J connectivity index is 1.85. The summed E-state index contributed by atoms with van der Waals surface area (Å²) in [6.45, 7) is 3.92. The Kier molecular flexibility index (Phi) is 2.93. The normalized spacial score (nSPS) is 24.2. The second-order valence-electron chi connectivity index (χ2n) is 5.69. The van der Waals surface area contributed by atoms with Crippen LogP contribution in [0.25, 0.3) is 5.69 Å². The second-order valence-corrected chi connectivity index (χ2v) is 5.69. The first-order valence-corrected chi connectivity index (χ1v) is 6.46. The highest BCUT2D eigenvalue weighted by atomic mass is 19.1. The van der Waals surface area contributed by atoms with Crippen molar-refractivity contribution in [1.29, 1.82) is 0 Å². The van der Waals surface area contributed by atoms with Crippen LogP contribution in [0.3, 0.4) is 0 Å². The third-order valence-electron chi connectivity index (χ3n) is 4.11. The fourth-order valence-electron chi connectivity index (χ4n) is 2.38. The number of halogens is 1. The van der Waals surface area contributed by atoms with Gasteiger partial charge in [0.25, 0.3) is 0 Å². The summed E-state index contributed by atoms with van der Waals surface area (Å²) >= 11 is 0. The Hall–Kier alpha value is -2.02. The molecule has 1 aliphatic rings. The smallest absolute Gasteiger partial charge is 0.146 e. The van der Waals surface area contributed by atoms with Gasteiger partial charge in [0.2, 0.25) is 0 Å². The lowest BCUT2D eigenvalue weighted by molar-refractivity contribution is -0.0511. The molecule has 0 saturated heterocycles. The van der Waals surface area contributed by atoms with Crippen LogP contribution in [0.1, 0.15) is 20.3 Å². The van der Waals surface area contributed by atoms with E-state index in [2.05, 4.69) is 20.8 Å². The Morgan fingerprint density at radius 1 is 1.45 bits per heavy atom. The number of aliphatic hydroxyl groups is 1. The second kappa shape index (κ2) is 4.52. The predicted molar refractivity (Wildman–Crippen MR) is 70.9 cm³/mol. The molecule has 0 bridgehead atoms. The first-order valence-electron chi connectivity index (χ1n) is 6.46. The van der Waals surface area contributed by atoms with Gasteiger partial charge in [-0.3, -0.25) is 0 Å². The molecular formula is C13H16FN5O. The van der Waals surface area contributed by atoms with Gasteiger partial charge in [-0.2, -0.15) is 0 Å². The third-order valence-corrected chi connectivity index (χ3v) is 4.11. The number of nitrogens with one attached hydrogen (secondary N) is 1. The Bertz CT molecular complexity index is 613. The third kappa shape index (κ3) is 2.03. The van der Waals surface area contributed by atoms with Crippen LogP contribution in [0.4, 0.5) is 10.1 Å². The number of anilines is 1. The lowest BCUT2D eigenvalue weighted by Crippen LogP contribution is -2.57. The van der Waals surface area contributed by atoms with Gasteiger partial charge in [-0.25, -0.2) is 9.07 Å². The number of benzene rings is 1. The molecule has 2 unspecified atom stereocenters. The summed E-state index contributed by atoms with van der Waals surface area (Å²) in [6, 6.07) is 4.68. The van der Waals surface area contributed by atoms with Crippen molar-refractivity contribution < 1.29 is 9.50 Å². The molecule has 0 spiro atoms. The molecule has 1 aromatic carbocycles. The zero-order valence-corrected chi connectivity index (χ0v) is 11.3. The van der Waals surface area contributed by atoms with E-state index >= 15 is 0 Å². The number of rotatable bonds is 3. The van der Waals surface area contributed by atoms with Crippen LogP contribution in [0.2, 0.25) is 0 Å². The SMILES string of the molecule is CC1(C)C(O)CC1Nc1cc(-n2cnnn2)ccc1F. The maximum atomic E-state index is 13.9. The fraction of sp³-hybridized carbons (Fsp3) is 0.462. The van der Waals surface area contributed by atoms with Crippen molar-refractivity contribution in [2.24, 2.45) is 5.41 Å². The zero-order valence-electron chi connectivity index (χ0n) is 11.3. The number of aromatic nitrogens is 4. The number of hydrogen-bond acceptors (Lipinski definition) is 5. The molecule has 6 nitrogen and oxygen atoms in total. The van der Waals surface area contributed by atoms with Crippen LogP contribution in [-0.4, -0.2) is 37.5 Å². The number of nitrogens with zero attached hydrogens (tertiary/aromatic N) is 4. The molecule has 1 aromatic heterocycles. The minimum atomic E-state index is -0.356. The van der Waals surface area contributed by atoms with Crippen LogP contribution >= 0.6 is 0 Å². The largest absolute Gasteiger partial charge is 0.392 e. The van der Waals surface area contributed by atoms with E-state index in [1.165, 1.54) is 17.1 Å². The highest BCUT2D eigenvalue weighted by Crippen LogP contribution is 2.42. The molecule has 1 fully saturated rings. The van der Waals surface area contributed by atoms with Gasteiger partial charge in [0.1, 0.15) is 12.1 Å². The molecule has 1 saturated carbocycles. The van der Waals surface area contributed by atoms with Crippen LogP contribution in [0.5, 0.6) is 0 Å². The summed E-state index contributed by atoms with van der Waals surface area (Å²) in [7, 11) is 0. The van der Waals surface area contributed by atoms with Crippen molar-refractivity contribution in [1.82, 2.24) is 20.2 Å². The molecule has 106 valence electrons. The van der Waals surface area contributed by atoms with E-state index in [-0.39, 0.29) is 23.4 Å². The molecule has 20 heavy (non-hydrogen) atoms. The van der Waals surface area contributed by atoms with E-state index < -0.39 is 0 Å². The van der Waals surface area contributed by atoms with E-state index in [1.807, 2.05) is 13.8 Å². The maximum Gasteiger partial charge on any atom is 0.146 e. The van der Waals surface area contributed by atoms with Crippen molar-refractivity contribution >= 4 is 5.69 Å². The van der Waals surface area contributed by atoms with Crippen LogP contribution in [0.15, 0.2) is 24.5 Å². The summed E-state index contributed by atoms with van der Waals surface area (Å²) < 4.78 is 15.4. The topological polar surface area (TPSA) is 75.9 Å². The van der Waals surface area contributed by atoms with Gasteiger partial charge in [-0.15, -0.1) is 5.10 Å². The van der Waals surface area contributed by atoms with Crippen molar-refractivity contribution in [2.45, 2.75) is 32.4 Å². The van der Waals surface area contributed by atoms with Gasteiger partial charge >= 0.3 is 0 Å². The van der Waals surface area contributed by atoms with Gasteiger partial charge in [-0.1, -0.05) is 13.8 Å². The van der Waals surface area contributed by atoms with Crippen LogP contribution in [-0.2, 0) is 0 Å². The average Bonchev–Trinajstić information content (AvgIpc) is 2.94. The van der Waals surface area contributed by atoms with E-state index in [0.717, 1.165) is 0 Å². The number of hydrogen-bond donors (Lipinski definition) is 2. The molecule has 0 amide bonds. The first-order chi connectivity index (χ1) is 9.48. The van der Waals surface area contributed by atoms with Crippen molar-refractivity contribution in [3.05, 3.63) is 30.3 Å². The minimum absolute atomic E-state index is 0.0381. The van der Waals surface area contributed by atoms with Gasteiger partial charge in [0.05, 0.1) is 17.5 Å². The lowest BCUT2D eigenvalue weighted by atomic mass is 9.64. The van der Waals surface area contributed by atoms with Gasteiger partial charge < -0.3 is 10.4 Å². The first kappa shape index (κ1) is 13.0. The standard InChI is InChI=1S/C13H16FN5O/c1-13(2)11(6-12(13)20)16-10-5-8(3-4-9(10)14)19-7-15-17-18-19/h3-5,7,11-12,16,20H,6H2,1-2H3. The molecule has 2 atom stereocenters. The Morgan fingerprint density at radius 2 is 2.25 bits per heavy atom. The maximum absolute atomic E-state index is 13.9. The molecule has 0 aliphatic heterocycles. The Morgan fingerprint density at radius 3 is 2.85 bits per heavy atom. The molecule has 2 aromatic rings. The summed E-state index contributed by atoms with van der Waals surface area (Å²) in [5, 5.41) is 23.8. The minimum Gasteiger partial charge on any atom is -0.392 e. The molecule has 7 heteroatoms. The summed E-state index contributed by atoms with van der Waals surface area (Å²) in [5.41, 5.74) is 0.802. The van der Waals surface area contributed by atoms with Crippen molar-refractivity contribution in [2.75, 3.05) is 5.32 Å². The number of aliphatic hydroxyl groups excluding tert-OH is 1. The lowest BCUT2D eigenvalue weighted by Gasteiger charge is -2.49. The molecule has 1 heterocycles. The van der Waals surface area contributed by atoms with E-state index in [9.17, 15) is 9.50 Å². The average molecular weight is 277 g/mol. The van der Waals surface area contributed by atoms with Crippen LogP contribution in [0, 0.1) is 11.2 Å². The zero-order chi connectivity index (χ0) is 14.3. The molecular weight excluding hydrogens is 261 g/mol. The van der Waals surface area contributed by atoms with E-state index in [1.54, 1.807) is 12.1 Å². The predicted octanol–water partition coefficient (Wildman–Crippen LogP) is 1.37. The van der Waals surface area contributed by atoms with Gasteiger partial charge in [0.15, 0.2) is 0 Å². The molecule has 2 N–H and O–H groups in total. The van der Waals surface area contributed by atoms with Crippen LogP contribution < -0.4 is 5.32 Å². The van der Waals surface area contributed by atoms with E-state index in [0.29, 0.717) is 17.8 Å². The summed E-state index contributed by atoms with van der Waals surface area (Å²) in [4.78, 5) is 0. The fourth-order valence-corrected chi connectivity index (χ4v) is 2.38. The summed E-state index contributed by atoms with van der Waals surface area (Å²) in [5.74, 6) is -0.334. The highest BCUT2D eigenvalue weighted by Gasteiger charge is 2.47. The molecule has 1 aliphatic carbocycles. The van der Waals surface area contributed by atoms with Crippen molar-refractivity contribution in [3.63, 3.8) is 0 Å². The van der Waals surface area contributed by atoms with Gasteiger partial charge in [0, 0.05) is 11.5 Å².